The highest BCUT2D eigenvalue weighted by Gasteiger charge is 2.19. The maximum absolute atomic E-state index is 4.58. The van der Waals surface area contributed by atoms with Crippen molar-refractivity contribution in [2.75, 3.05) is 45.7 Å². The molecule has 0 spiro atoms. The number of rotatable bonds is 7. The number of aliphatic imine (C=N–C) groups is 1. The number of anilines is 1. The zero-order chi connectivity index (χ0) is 17.4. The largest absolute Gasteiger partial charge is 0.355 e. The summed E-state index contributed by atoms with van der Waals surface area (Å²) in [5, 5.41) is 9.90. The predicted octanol–water partition coefficient (Wildman–Crippen LogP) is 2.76. The van der Waals surface area contributed by atoms with E-state index in [1.807, 2.05) is 26.0 Å². The van der Waals surface area contributed by atoms with Gasteiger partial charge in [-0.15, -0.1) is 35.3 Å². The van der Waals surface area contributed by atoms with Gasteiger partial charge in [-0.05, 0) is 25.8 Å². The van der Waals surface area contributed by atoms with Gasteiger partial charge in [0.1, 0.15) is 0 Å². The Hall–Kier alpha value is -0.610. The Morgan fingerprint density at radius 3 is 2.84 bits per heavy atom. The smallest absolute Gasteiger partial charge is 0.191 e. The molecule has 0 radical (unpaired) electrons. The van der Waals surface area contributed by atoms with Crippen LogP contribution < -0.4 is 15.5 Å². The van der Waals surface area contributed by atoms with Gasteiger partial charge in [-0.2, -0.15) is 0 Å². The molecule has 1 aliphatic heterocycles. The minimum Gasteiger partial charge on any atom is -0.355 e. The summed E-state index contributed by atoms with van der Waals surface area (Å²) in [5.74, 6) is 0.847. The molecule has 1 aromatic rings. The number of thiazole rings is 1. The van der Waals surface area contributed by atoms with Gasteiger partial charge < -0.3 is 15.5 Å². The molecule has 1 fully saturated rings. The zero-order valence-corrected chi connectivity index (χ0v) is 19.1. The lowest BCUT2D eigenvalue weighted by Gasteiger charge is -2.35. The molecule has 6 nitrogen and oxygen atoms in total. The highest BCUT2D eigenvalue weighted by Crippen LogP contribution is 2.19. The summed E-state index contributed by atoms with van der Waals surface area (Å²) in [5.41, 5.74) is 1.05. The van der Waals surface area contributed by atoms with E-state index in [9.17, 15) is 0 Å². The first-order chi connectivity index (χ1) is 11.6. The minimum absolute atomic E-state index is 0. The number of halogens is 1. The second-order valence-electron chi connectivity index (χ2n) is 6.46. The molecule has 1 saturated heterocycles. The molecule has 0 aromatic carbocycles. The van der Waals surface area contributed by atoms with E-state index in [0.29, 0.717) is 6.54 Å². The van der Waals surface area contributed by atoms with Gasteiger partial charge in [0.2, 0.25) is 0 Å². The van der Waals surface area contributed by atoms with Gasteiger partial charge in [0, 0.05) is 45.7 Å². The van der Waals surface area contributed by atoms with Crippen LogP contribution in [0.3, 0.4) is 0 Å². The normalized spacial score (nSPS) is 18.6. The van der Waals surface area contributed by atoms with Gasteiger partial charge in [-0.25, -0.2) is 4.98 Å². The fourth-order valence-corrected chi connectivity index (χ4v) is 3.87. The minimum atomic E-state index is 0. The van der Waals surface area contributed by atoms with Gasteiger partial charge >= 0.3 is 0 Å². The Morgan fingerprint density at radius 1 is 1.40 bits per heavy atom. The summed E-state index contributed by atoms with van der Waals surface area (Å²) in [6.07, 6.45) is 5.32. The van der Waals surface area contributed by atoms with Crippen molar-refractivity contribution in [2.24, 2.45) is 4.99 Å². The summed E-state index contributed by atoms with van der Waals surface area (Å²) in [6, 6.07) is 0.759. The van der Waals surface area contributed by atoms with Crippen LogP contribution in [0, 0.1) is 0 Å². The van der Waals surface area contributed by atoms with Crippen molar-refractivity contribution < 1.29 is 0 Å². The second kappa shape index (κ2) is 11.9. The molecule has 0 aliphatic carbocycles. The monoisotopic (exact) mass is 480 g/mol. The molecular formula is C17H33IN6S. The van der Waals surface area contributed by atoms with E-state index in [4.69, 9.17) is 0 Å². The van der Waals surface area contributed by atoms with Crippen molar-refractivity contribution in [3.05, 3.63) is 11.1 Å². The summed E-state index contributed by atoms with van der Waals surface area (Å²) in [7, 11) is 5.85. The Labute approximate surface area is 173 Å². The first-order valence-corrected chi connectivity index (χ1v) is 9.82. The van der Waals surface area contributed by atoms with Crippen LogP contribution in [-0.4, -0.2) is 62.7 Å². The number of hydrogen-bond donors (Lipinski definition) is 2. The van der Waals surface area contributed by atoms with E-state index in [-0.39, 0.29) is 24.0 Å². The fourth-order valence-electron chi connectivity index (χ4n) is 3.11. The van der Waals surface area contributed by atoms with Crippen molar-refractivity contribution in [1.82, 2.24) is 20.5 Å². The van der Waals surface area contributed by atoms with Crippen LogP contribution in [0.5, 0.6) is 0 Å². The third-order valence-corrected chi connectivity index (χ3v) is 5.55. The van der Waals surface area contributed by atoms with Crippen molar-refractivity contribution in [3.63, 3.8) is 0 Å². The topological polar surface area (TPSA) is 55.8 Å². The van der Waals surface area contributed by atoms with E-state index >= 15 is 0 Å². The van der Waals surface area contributed by atoms with Gasteiger partial charge in [0.25, 0.3) is 0 Å². The van der Waals surface area contributed by atoms with E-state index in [0.717, 1.165) is 35.9 Å². The molecule has 1 aromatic heterocycles. The summed E-state index contributed by atoms with van der Waals surface area (Å²) >= 11 is 1.66. The van der Waals surface area contributed by atoms with E-state index < -0.39 is 0 Å². The number of hydrogen-bond acceptors (Lipinski definition) is 5. The summed E-state index contributed by atoms with van der Waals surface area (Å²) in [6.45, 7) is 6.24. The number of nitrogens with zero attached hydrogens (tertiary/aromatic N) is 4. The lowest BCUT2D eigenvalue weighted by Crippen LogP contribution is -2.45. The lowest BCUT2D eigenvalue weighted by atomic mass is 10.0. The van der Waals surface area contributed by atoms with Crippen LogP contribution in [0.25, 0.3) is 0 Å². The van der Waals surface area contributed by atoms with E-state index in [1.54, 1.807) is 11.3 Å². The Kier molecular flexibility index (Phi) is 10.7. The number of nitrogens with one attached hydrogen (secondary N) is 2. The highest BCUT2D eigenvalue weighted by molar-refractivity contribution is 14.0. The quantitative estimate of drug-likeness (QED) is 0.357. The molecule has 8 heteroatoms. The molecule has 0 bridgehead atoms. The average Bonchev–Trinajstić information content (AvgIpc) is 3.07. The van der Waals surface area contributed by atoms with Gasteiger partial charge in [-0.1, -0.05) is 13.3 Å². The third kappa shape index (κ3) is 7.26. The predicted molar refractivity (Wildman–Crippen MR) is 120 cm³/mol. The van der Waals surface area contributed by atoms with E-state index in [2.05, 4.69) is 37.8 Å². The van der Waals surface area contributed by atoms with Crippen molar-refractivity contribution in [2.45, 2.75) is 45.2 Å². The Bertz CT molecular complexity index is 519. The molecule has 144 valence electrons. The average molecular weight is 480 g/mol. The summed E-state index contributed by atoms with van der Waals surface area (Å²) < 4.78 is 0. The van der Waals surface area contributed by atoms with Crippen LogP contribution in [0.1, 0.15) is 38.3 Å². The molecule has 2 rings (SSSR count). The lowest BCUT2D eigenvalue weighted by molar-refractivity contribution is 0.147. The molecule has 0 amide bonds. The van der Waals surface area contributed by atoms with E-state index in [1.165, 1.54) is 32.2 Å². The molecular weight excluding hydrogens is 447 g/mol. The van der Waals surface area contributed by atoms with Crippen molar-refractivity contribution in [1.29, 1.82) is 0 Å². The molecule has 0 saturated carbocycles. The first-order valence-electron chi connectivity index (χ1n) is 8.94. The number of aromatic nitrogens is 1. The molecule has 2 heterocycles. The molecule has 2 N–H and O–H groups in total. The SMILES string of the molecule is CCC1CCCCN1CCNC(=NC)NCc1csc(N(C)C)n1.I. The Morgan fingerprint density at radius 2 is 2.20 bits per heavy atom. The highest BCUT2D eigenvalue weighted by atomic mass is 127. The molecule has 25 heavy (non-hydrogen) atoms. The Balaban J connectivity index is 0.00000312. The number of piperidine rings is 1. The number of guanidine groups is 1. The van der Waals surface area contributed by atoms with Gasteiger partial charge in [0.15, 0.2) is 11.1 Å². The standard InChI is InChI=1S/C17H32N6S.HI/c1-5-15-8-6-7-10-23(15)11-9-19-16(18-2)20-12-14-13-24-17(21-14)22(3)4;/h13,15H,5-12H2,1-4H3,(H2,18,19,20);1H. The molecule has 1 unspecified atom stereocenters. The van der Waals surface area contributed by atoms with Gasteiger partial charge in [-0.3, -0.25) is 9.89 Å². The van der Waals surface area contributed by atoms with Crippen molar-refractivity contribution >= 4 is 46.4 Å². The number of likely N-dealkylation sites (tertiary alicyclic amines) is 1. The third-order valence-electron chi connectivity index (χ3n) is 4.49. The van der Waals surface area contributed by atoms with Crippen LogP contribution in [0.4, 0.5) is 5.13 Å². The zero-order valence-electron chi connectivity index (χ0n) is 15.9. The van der Waals surface area contributed by atoms with Crippen molar-refractivity contribution in [3.8, 4) is 0 Å². The van der Waals surface area contributed by atoms with Crippen LogP contribution >= 0.6 is 35.3 Å². The van der Waals surface area contributed by atoms with Gasteiger partial charge in [0.05, 0.1) is 12.2 Å². The molecule has 1 aliphatic rings. The fraction of sp³-hybridized carbons (Fsp3) is 0.765. The van der Waals surface area contributed by atoms with Crippen LogP contribution in [-0.2, 0) is 6.54 Å². The maximum atomic E-state index is 4.58. The maximum Gasteiger partial charge on any atom is 0.191 e. The summed E-state index contributed by atoms with van der Waals surface area (Å²) in [4.78, 5) is 13.5. The first kappa shape index (κ1) is 22.4. The van der Waals surface area contributed by atoms with Crippen LogP contribution in [0.2, 0.25) is 0 Å². The second-order valence-corrected chi connectivity index (χ2v) is 7.30. The molecule has 1 atom stereocenters. The van der Waals surface area contributed by atoms with Crippen LogP contribution in [0.15, 0.2) is 10.4 Å².